The molecule has 5 N–H and O–H groups in total. The molecule has 1 aliphatic rings. The molecular weight excluding hydrogens is 490 g/mol. The summed E-state index contributed by atoms with van der Waals surface area (Å²) in [5.74, 6) is -0.287. The molecule has 0 aromatic heterocycles. The molecule has 1 aliphatic heterocycles. The third-order valence-corrected chi connectivity index (χ3v) is 6.87. The number of benzene rings is 3. The predicted octanol–water partition coefficient (Wildman–Crippen LogP) is 4.76. The largest absolute Gasteiger partial charge is 0.344 e. The number of rotatable bonds is 7. The highest BCUT2D eigenvalue weighted by Crippen LogP contribution is 2.36. The summed E-state index contributed by atoms with van der Waals surface area (Å²) < 4.78 is 0. The fourth-order valence-electron chi connectivity index (χ4n) is 4.98. The zero-order valence-electron chi connectivity index (χ0n) is 23.0. The Bertz CT molecular complexity index is 1350. The van der Waals surface area contributed by atoms with E-state index in [1.54, 1.807) is 25.8 Å². The van der Waals surface area contributed by atoms with Crippen LogP contribution < -0.4 is 26.6 Å². The molecule has 204 valence electrons. The van der Waals surface area contributed by atoms with Crippen molar-refractivity contribution in [1.82, 2.24) is 10.6 Å². The highest BCUT2D eigenvalue weighted by molar-refractivity contribution is 6.01. The first-order valence-corrected chi connectivity index (χ1v) is 13.2. The van der Waals surface area contributed by atoms with Gasteiger partial charge in [-0.15, -0.1) is 0 Å². The molecular formula is C31H37N5O3. The van der Waals surface area contributed by atoms with E-state index in [2.05, 4.69) is 22.9 Å². The van der Waals surface area contributed by atoms with Gasteiger partial charge < -0.3 is 26.6 Å². The molecule has 8 nitrogen and oxygen atoms in total. The molecule has 0 saturated heterocycles. The maximum Gasteiger partial charge on any atom is 0.318 e. The minimum Gasteiger partial charge on any atom is -0.344 e. The minimum absolute atomic E-state index is 0.0815. The molecule has 0 radical (unpaired) electrons. The van der Waals surface area contributed by atoms with Crippen LogP contribution in [0.25, 0.3) is 11.1 Å². The van der Waals surface area contributed by atoms with Crippen molar-refractivity contribution in [2.24, 2.45) is 5.73 Å². The number of carbonyl (C=O) groups is 3. The molecule has 0 saturated carbocycles. The van der Waals surface area contributed by atoms with Gasteiger partial charge in [0, 0.05) is 30.3 Å². The van der Waals surface area contributed by atoms with Crippen LogP contribution in [-0.2, 0) is 16.1 Å². The summed E-state index contributed by atoms with van der Waals surface area (Å²) >= 11 is 0. The summed E-state index contributed by atoms with van der Waals surface area (Å²) in [6, 6.07) is 22.5. The average molecular weight is 528 g/mol. The second-order valence-electron chi connectivity index (χ2n) is 10.9. The van der Waals surface area contributed by atoms with Crippen LogP contribution in [0.3, 0.4) is 0 Å². The Morgan fingerprint density at radius 1 is 1.00 bits per heavy atom. The number of para-hydroxylation sites is 2. The van der Waals surface area contributed by atoms with Crippen molar-refractivity contribution in [2.45, 2.75) is 57.7 Å². The lowest BCUT2D eigenvalue weighted by Crippen LogP contribution is -2.50. The van der Waals surface area contributed by atoms with Gasteiger partial charge in [-0.1, -0.05) is 67.6 Å². The highest BCUT2D eigenvalue weighted by atomic mass is 16.2. The number of anilines is 2. The third kappa shape index (κ3) is 6.83. The monoisotopic (exact) mass is 527 g/mol. The predicted molar refractivity (Wildman–Crippen MR) is 155 cm³/mol. The molecule has 4 rings (SSSR count). The van der Waals surface area contributed by atoms with Crippen LogP contribution in [0.1, 0.15) is 50.7 Å². The van der Waals surface area contributed by atoms with Gasteiger partial charge in [0.25, 0.3) is 0 Å². The fraction of sp³-hybridized carbons (Fsp3) is 0.323. The van der Waals surface area contributed by atoms with E-state index in [1.807, 2.05) is 72.8 Å². The Labute approximate surface area is 230 Å². The Morgan fingerprint density at radius 2 is 1.67 bits per heavy atom. The lowest BCUT2D eigenvalue weighted by Gasteiger charge is -2.27. The topological polar surface area (TPSA) is 117 Å². The molecule has 2 atom stereocenters. The van der Waals surface area contributed by atoms with Crippen LogP contribution in [0.5, 0.6) is 0 Å². The molecule has 0 bridgehead atoms. The van der Waals surface area contributed by atoms with E-state index in [4.69, 9.17) is 5.73 Å². The minimum atomic E-state index is -0.664. The molecule has 0 fully saturated rings. The summed E-state index contributed by atoms with van der Waals surface area (Å²) in [4.78, 5) is 40.2. The van der Waals surface area contributed by atoms with Crippen molar-refractivity contribution in [3.05, 3.63) is 83.9 Å². The summed E-state index contributed by atoms with van der Waals surface area (Å²) in [5.41, 5.74) is 10.8. The van der Waals surface area contributed by atoms with Crippen LogP contribution in [0, 0.1) is 0 Å². The zero-order chi connectivity index (χ0) is 28.2. The van der Waals surface area contributed by atoms with Crippen molar-refractivity contribution in [2.75, 3.05) is 17.3 Å². The summed E-state index contributed by atoms with van der Waals surface area (Å²) in [6.07, 6.45) is 0.646. The number of hydrogen-bond acceptors (Lipinski definition) is 4. The molecule has 3 aromatic rings. The van der Waals surface area contributed by atoms with Gasteiger partial charge in [0.15, 0.2) is 0 Å². The summed E-state index contributed by atoms with van der Waals surface area (Å²) in [5, 5.41) is 8.38. The van der Waals surface area contributed by atoms with E-state index in [1.165, 1.54) is 0 Å². The first kappa shape index (κ1) is 27.9. The normalized spacial score (nSPS) is 17.2. The van der Waals surface area contributed by atoms with Gasteiger partial charge in [-0.2, -0.15) is 0 Å². The Hall–Kier alpha value is -4.17. The quantitative estimate of drug-likeness (QED) is 0.355. The Balaban J connectivity index is 1.61. The number of urea groups is 1. The fourth-order valence-corrected chi connectivity index (χ4v) is 4.98. The molecule has 8 heteroatoms. The number of nitrogens with zero attached hydrogens (tertiary/aromatic N) is 1. The van der Waals surface area contributed by atoms with E-state index in [-0.39, 0.29) is 30.2 Å². The second kappa shape index (κ2) is 11.7. The number of nitrogens with two attached hydrogens (primary N) is 1. The Kier molecular flexibility index (Phi) is 8.35. The molecule has 0 aliphatic carbocycles. The van der Waals surface area contributed by atoms with Crippen molar-refractivity contribution >= 4 is 29.2 Å². The SMILES string of the molecule is CNC(=O)Nc1ccccc1-c1ccc(CN2C(=O)C(NC(=O)CC(C)(C)N)CC(C)c3ccccc32)cc1. The van der Waals surface area contributed by atoms with Crippen molar-refractivity contribution < 1.29 is 14.4 Å². The average Bonchev–Trinajstić information content (AvgIpc) is 2.99. The van der Waals surface area contributed by atoms with E-state index >= 15 is 0 Å². The van der Waals surface area contributed by atoms with Crippen LogP contribution in [-0.4, -0.2) is 36.5 Å². The maximum atomic E-state index is 13.9. The molecule has 3 aromatic carbocycles. The summed E-state index contributed by atoms with van der Waals surface area (Å²) in [6.45, 7) is 6.03. The molecule has 4 amide bonds. The third-order valence-electron chi connectivity index (χ3n) is 6.87. The first-order chi connectivity index (χ1) is 18.6. The molecule has 39 heavy (non-hydrogen) atoms. The van der Waals surface area contributed by atoms with Gasteiger partial charge in [-0.05, 0) is 55.0 Å². The van der Waals surface area contributed by atoms with Crippen LogP contribution in [0.2, 0.25) is 0 Å². The van der Waals surface area contributed by atoms with Gasteiger partial charge in [0.2, 0.25) is 11.8 Å². The Morgan fingerprint density at radius 3 is 2.36 bits per heavy atom. The van der Waals surface area contributed by atoms with Crippen molar-refractivity contribution in [3.8, 4) is 11.1 Å². The van der Waals surface area contributed by atoms with E-state index in [0.29, 0.717) is 18.7 Å². The van der Waals surface area contributed by atoms with E-state index < -0.39 is 11.6 Å². The van der Waals surface area contributed by atoms with Gasteiger partial charge >= 0.3 is 6.03 Å². The molecule has 0 spiro atoms. The smallest absolute Gasteiger partial charge is 0.318 e. The van der Waals surface area contributed by atoms with Gasteiger partial charge in [-0.3, -0.25) is 9.59 Å². The number of fused-ring (bicyclic) bond motifs is 1. The number of carbonyl (C=O) groups excluding carboxylic acids is 3. The molecule has 2 unspecified atom stereocenters. The van der Waals surface area contributed by atoms with Gasteiger partial charge in [-0.25, -0.2) is 4.79 Å². The van der Waals surface area contributed by atoms with E-state index in [9.17, 15) is 14.4 Å². The summed E-state index contributed by atoms with van der Waals surface area (Å²) in [7, 11) is 1.57. The zero-order valence-corrected chi connectivity index (χ0v) is 23.0. The lowest BCUT2D eigenvalue weighted by atomic mass is 9.94. The lowest BCUT2D eigenvalue weighted by molar-refractivity contribution is -0.128. The van der Waals surface area contributed by atoms with Crippen LogP contribution in [0.15, 0.2) is 72.8 Å². The maximum absolute atomic E-state index is 13.9. The molecule has 1 heterocycles. The first-order valence-electron chi connectivity index (χ1n) is 13.2. The van der Waals surface area contributed by atoms with E-state index in [0.717, 1.165) is 27.9 Å². The van der Waals surface area contributed by atoms with Crippen LogP contribution in [0.4, 0.5) is 16.2 Å². The number of amides is 4. The number of nitrogens with one attached hydrogen (secondary N) is 3. The highest BCUT2D eigenvalue weighted by Gasteiger charge is 2.34. The van der Waals surface area contributed by atoms with Gasteiger partial charge in [0.05, 0.1) is 12.2 Å². The standard InChI is InChI=1S/C31H37N5O3/c1-20-17-26(34-28(37)18-31(2,3)32)29(38)36(27-12-8-6-9-23(20)27)19-21-13-15-22(16-14-21)24-10-5-7-11-25(24)35-30(39)33-4/h5-16,20,26H,17-19,32H2,1-4H3,(H,34,37)(H2,33,35,39). The van der Waals surface area contributed by atoms with Gasteiger partial charge in [0.1, 0.15) is 6.04 Å². The van der Waals surface area contributed by atoms with Crippen LogP contribution >= 0.6 is 0 Å². The number of hydrogen-bond donors (Lipinski definition) is 4. The van der Waals surface area contributed by atoms with Crippen molar-refractivity contribution in [3.63, 3.8) is 0 Å². The second-order valence-corrected chi connectivity index (χ2v) is 10.9. The van der Waals surface area contributed by atoms with Crippen molar-refractivity contribution in [1.29, 1.82) is 0 Å².